The molecule has 144 heavy (non-hydrogen) atoms. The van der Waals surface area contributed by atoms with Gasteiger partial charge in [-0.2, -0.15) is 0 Å². The van der Waals surface area contributed by atoms with Gasteiger partial charge in [0.05, 0.1) is 134 Å². The first-order valence-corrected chi connectivity index (χ1v) is 46.9. The molecule has 776 valence electrons. The lowest BCUT2D eigenvalue weighted by Gasteiger charge is -2.17. The van der Waals surface area contributed by atoms with Crippen LogP contribution in [-0.2, 0) is 18.9 Å². The average Bonchev–Trinajstić information content (AvgIpc) is 1.51. The van der Waals surface area contributed by atoms with E-state index in [-0.39, 0.29) is 152 Å². The lowest BCUT2D eigenvalue weighted by atomic mass is 10.1. The van der Waals surface area contributed by atoms with Crippen molar-refractivity contribution in [3.8, 4) is 0 Å². The standard InChI is InChI=1S/4C24H31FN6O4S/c4*1-3-8-36-24-27-22(26-16-10-14(16)13-5-4-12(2)15(25)9-13)19-23(28-24)31(30-29-19)17-11-18(35-7-6-32)21(34)20(17)33/h4*4-5,9,14,16-18,20-21,32-34H,3,6-8,10-11H2,1-2H3,(H,26,27,28)/t4*14-,16+,17+,18-,20-,21+/m0000/s1/i3D2,4D,5D,6D2,7D2,8D2,9D,10D2,16D;3D2,4D,5D,7D2,8D2,9D,10D2,16D;3D2,4D,5D,6D2,8D2,9D,10D2,16D;3D2,4D,5D,8D2,9D,10D2,16D. The molecular formula is C96H124F4N24O16S4. The molecule has 8 fully saturated rings. The van der Waals surface area contributed by atoms with Gasteiger partial charge in [0.2, 0.25) is 0 Å². The summed E-state index contributed by atoms with van der Waals surface area (Å²) in [6.45, 7) is -5.80. The van der Waals surface area contributed by atoms with Gasteiger partial charge in [-0.1, -0.05) is 144 Å². The van der Waals surface area contributed by atoms with Crippen LogP contribution in [0.1, 0.15) is 263 Å². The van der Waals surface area contributed by atoms with Gasteiger partial charge in [-0.05, 0) is 147 Å². The van der Waals surface area contributed by atoms with Gasteiger partial charge in [0.1, 0.15) is 72.1 Å². The quantitative estimate of drug-likeness (QED) is 0.00969. The number of rotatable bonds is 40. The third-order valence-electron chi connectivity index (χ3n) is 23.2. The molecule has 8 heterocycles. The molecule has 16 N–H and O–H groups in total. The monoisotopic (exact) mass is 2120 g/mol. The number of hydrogen-bond acceptors (Lipinski definition) is 40. The van der Waals surface area contributed by atoms with E-state index in [2.05, 4.69) is 102 Å². The summed E-state index contributed by atoms with van der Waals surface area (Å²) < 4.78 is 476. The zero-order valence-electron chi connectivity index (χ0n) is 124. The molecule has 8 saturated carbocycles. The van der Waals surface area contributed by atoms with Crippen molar-refractivity contribution in [3.63, 3.8) is 0 Å². The highest BCUT2D eigenvalue weighted by Gasteiger charge is 2.51. The van der Waals surface area contributed by atoms with E-state index in [0.717, 1.165) is 46.4 Å². The molecule has 40 nitrogen and oxygen atoms in total. The van der Waals surface area contributed by atoms with Gasteiger partial charge in [-0.25, -0.2) is 76.2 Å². The van der Waals surface area contributed by atoms with Crippen LogP contribution in [0.5, 0.6) is 0 Å². The van der Waals surface area contributed by atoms with Crippen LogP contribution in [0.2, 0.25) is 0 Å². The fraction of sp³-hybridized carbons (Fsp3) is 0.583. The molecule has 8 aliphatic rings. The Labute approximate surface area is 911 Å². The fourth-order valence-electron chi connectivity index (χ4n) is 15.7. The molecular weight excluding hydrogens is 1950 g/mol. The van der Waals surface area contributed by atoms with Gasteiger partial charge in [0, 0.05) is 129 Å². The zero-order valence-corrected chi connectivity index (χ0v) is 79.6. The predicted octanol–water partition coefficient (Wildman–Crippen LogP) is 8.73. The van der Waals surface area contributed by atoms with E-state index >= 15 is 0 Å². The minimum absolute atomic E-state index is 0.0195. The summed E-state index contributed by atoms with van der Waals surface area (Å²) in [6.07, 6.45) is -39.2. The number of aliphatic hydroxyl groups excluding tert-OH is 10. The van der Waals surface area contributed by atoms with Gasteiger partial charge in [-0.15, -0.1) is 20.4 Å². The highest BCUT2D eigenvalue weighted by molar-refractivity contribution is 7.99. The van der Waals surface area contributed by atoms with Crippen molar-refractivity contribution in [1.82, 2.24) is 99.8 Å². The Balaban J connectivity index is 0.000000167. The van der Waals surface area contributed by atoms with Crippen molar-refractivity contribution in [3.05, 3.63) is 140 Å². The highest BCUT2D eigenvalue weighted by atomic mass is 32.2. The van der Waals surface area contributed by atoms with Crippen molar-refractivity contribution >= 4 is 115 Å². The second kappa shape index (κ2) is 47.3. The molecule has 0 bridgehead atoms. The largest absolute Gasteiger partial charge is 0.394 e. The van der Waals surface area contributed by atoms with Crippen molar-refractivity contribution in [2.45, 2.75) is 298 Å². The van der Waals surface area contributed by atoms with E-state index in [1.165, 1.54) is 27.7 Å². The van der Waals surface area contributed by atoms with Crippen LogP contribution < -0.4 is 21.3 Å². The van der Waals surface area contributed by atoms with E-state index in [1.54, 1.807) is 0 Å². The maximum Gasteiger partial charge on any atom is 0.191 e. The summed E-state index contributed by atoms with van der Waals surface area (Å²) in [6, 6.07) is -22.9. The molecule has 0 amide bonds. The number of halogens is 4. The van der Waals surface area contributed by atoms with Crippen molar-refractivity contribution in [2.75, 3.05) is 96.8 Å². The lowest BCUT2D eigenvalue weighted by molar-refractivity contribution is -0.0629. The van der Waals surface area contributed by atoms with E-state index < -0.39 is 421 Å². The maximum absolute atomic E-state index is 14.8. The van der Waals surface area contributed by atoms with Crippen LogP contribution in [0.25, 0.3) is 44.7 Å². The minimum Gasteiger partial charge on any atom is -0.394 e. The fourth-order valence-corrected chi connectivity index (χ4v) is 17.6. The summed E-state index contributed by atoms with van der Waals surface area (Å²) in [5, 5.41) is 163. The molecule has 4 aromatic carbocycles. The first-order valence-electron chi connectivity index (χ1n) is 67.6. The normalized spacial score (nSPS) is 37.1. The third-order valence-corrected chi connectivity index (χ3v) is 25.9. The Kier molecular flexibility index (Phi) is 20.0. The van der Waals surface area contributed by atoms with Crippen LogP contribution in [0.3, 0.4) is 0 Å². The molecule has 8 aliphatic carbocycles. The Bertz CT molecular complexity index is 8950. The van der Waals surface area contributed by atoms with Crippen LogP contribution in [-0.4, -0.2) is 334 Å². The summed E-state index contributed by atoms with van der Waals surface area (Å²) in [7, 11) is 0. The molecule has 0 unspecified atom stereocenters. The SMILES string of the molecule is [2H]c1c([2H])c([C@@H]2C([2H])([2H])[C@@]2([2H])Nc2nc(SC([2H])([2H])C([2H])([2H])C)nc3c2nnn3[C@@H]2C[C@H](OC([2H])([2H])C([2H])([2H])O)[C@@H](O)[C@H]2O)c([2H])c(F)c1C.[2H]c1c([2H])c([C@@H]2C([2H])([2H])[C@@]2([2H])Nc2nc(SC([2H])([2H])C([2H])([2H])C)nc3c2nnn3[C@@H]2C[C@H](OC([2H])([2H])CO)[C@@H](O)[C@H]2O)c([2H])c(F)c1C.[2H]c1c([2H])c([C@@H]2C([2H])([2H])[C@@]2([2H])Nc2nc(SC([2H])([2H])C([2H])([2H])C)nc3c2nnn3[C@@H]2C[C@H](OCC([2H])([2H])O)[C@@H](O)[C@H]2O)c([2H])c(F)c1C.[2H]c1c([2H])c([C@@H]2C([2H])([2H])[C@@]2([2H])Nc2nc(SC([2H])([2H])C([2H])([2H])C)nc3c2nnn3[C@@H]2C[C@H](OCCO)[C@@H](O)[C@H]2O)c([2H])c(F)c1C. The number of anilines is 4. The van der Waals surface area contributed by atoms with E-state index in [9.17, 15) is 73.7 Å². The molecule has 0 radical (unpaired) electrons. The number of hydrogen-bond donors (Lipinski definition) is 16. The number of nitrogens with zero attached hydrogens (tertiary/aromatic N) is 20. The molecule has 48 heteroatoms. The topological polar surface area (TPSA) is 554 Å². The molecule has 20 rings (SSSR count). The first-order chi connectivity index (χ1) is 87.5. The number of nitrogens with one attached hydrogen (secondary N) is 4. The summed E-state index contributed by atoms with van der Waals surface area (Å²) >= 11 is 0.924. The van der Waals surface area contributed by atoms with Crippen LogP contribution in [0.4, 0.5) is 40.8 Å². The van der Waals surface area contributed by atoms with Crippen LogP contribution in [0.15, 0.2) is 93.1 Å². The summed E-state index contributed by atoms with van der Waals surface area (Å²) in [5.74, 6) is -13.0. The zero-order chi connectivity index (χ0) is 144. The number of ether oxygens (including phenoxy) is 4. The molecule has 12 aromatic rings. The van der Waals surface area contributed by atoms with Crippen molar-refractivity contribution in [1.29, 1.82) is 0 Å². The second-order valence-electron chi connectivity index (χ2n) is 32.5. The van der Waals surface area contributed by atoms with Crippen molar-refractivity contribution < 1.29 is 164 Å². The van der Waals surface area contributed by atoms with Crippen LogP contribution in [0, 0.1) is 51.0 Å². The molecule has 0 aliphatic heterocycles. The second-order valence-corrected chi connectivity index (χ2v) is 35.6. The number of thioether (sulfide) groups is 4. The number of aliphatic hydroxyl groups is 12. The molecule has 0 spiro atoms. The predicted molar refractivity (Wildman–Crippen MR) is 530 cm³/mol. The molecule has 24 atom stereocenters. The summed E-state index contributed by atoms with van der Waals surface area (Å²) in [4.78, 5) is 33.7. The molecule has 0 saturated heterocycles. The molecule has 8 aromatic heterocycles. The van der Waals surface area contributed by atoms with Gasteiger partial charge < -0.3 is 101 Å². The number of aromatic nitrogens is 20. The van der Waals surface area contributed by atoms with Gasteiger partial charge in [0.25, 0.3) is 0 Å². The van der Waals surface area contributed by atoms with Gasteiger partial charge in [0.15, 0.2) is 88.6 Å². The lowest BCUT2D eigenvalue weighted by Crippen LogP contribution is -2.33. The minimum atomic E-state index is -3.51. The first kappa shape index (κ1) is 60.8. The van der Waals surface area contributed by atoms with Gasteiger partial charge in [-0.3, -0.25) is 0 Å². The van der Waals surface area contributed by atoms with E-state index in [4.69, 9.17) is 89.9 Å². The van der Waals surface area contributed by atoms with E-state index in [0.29, 0.717) is 0 Å². The summed E-state index contributed by atoms with van der Waals surface area (Å²) in [5.41, 5.74) is -16.0. The Morgan fingerprint density at radius 1 is 0.361 bits per heavy atom. The smallest absolute Gasteiger partial charge is 0.191 e. The van der Waals surface area contributed by atoms with Crippen LogP contribution >= 0.6 is 47.0 Å². The number of fused-ring (bicyclic) bond motifs is 4. The van der Waals surface area contributed by atoms with E-state index in [1.807, 2.05) is 0 Å². The van der Waals surface area contributed by atoms with Crippen molar-refractivity contribution in [2.24, 2.45) is 0 Å². The Hall–Kier alpha value is -9.52. The third kappa shape index (κ3) is 23.8. The average molecular weight is 2120 g/mol. The maximum atomic E-state index is 14.8. The van der Waals surface area contributed by atoms with Gasteiger partial charge >= 0.3 is 0 Å². The Morgan fingerprint density at radius 3 is 0.861 bits per heavy atom. The number of benzene rings is 4. The Morgan fingerprint density at radius 2 is 0.618 bits per heavy atom. The highest BCUT2D eigenvalue weighted by Crippen LogP contribution is 2.50.